The largest absolute Gasteiger partial charge is 0.323 e. The quantitative estimate of drug-likeness (QED) is 0.876. The lowest BCUT2D eigenvalue weighted by Gasteiger charge is -2.09. The summed E-state index contributed by atoms with van der Waals surface area (Å²) in [6.07, 6.45) is 1.76. The van der Waals surface area contributed by atoms with Gasteiger partial charge < -0.3 is 5.73 Å². The molecule has 2 aromatic rings. The fraction of sp³-hybridized carbons (Fsp3) is 0.385. The second-order valence-corrected chi connectivity index (χ2v) is 4.04. The van der Waals surface area contributed by atoms with E-state index >= 15 is 0 Å². The van der Waals surface area contributed by atoms with E-state index < -0.39 is 0 Å². The van der Waals surface area contributed by atoms with Crippen LogP contribution in [0.3, 0.4) is 0 Å². The number of hydrogen-bond donors (Lipinski definition) is 1. The van der Waals surface area contributed by atoms with Crippen molar-refractivity contribution in [2.75, 3.05) is 0 Å². The molecule has 1 unspecified atom stereocenters. The van der Waals surface area contributed by atoms with Crippen molar-refractivity contribution in [3.63, 3.8) is 0 Å². The van der Waals surface area contributed by atoms with Gasteiger partial charge in [0.05, 0.1) is 17.4 Å². The third-order valence-corrected chi connectivity index (χ3v) is 2.92. The smallest absolute Gasteiger partial charge is 0.103 e. The molecule has 0 saturated carbocycles. The summed E-state index contributed by atoms with van der Waals surface area (Å²) < 4.78 is 1.88. The summed E-state index contributed by atoms with van der Waals surface area (Å²) in [5.41, 5.74) is 9.10. The van der Waals surface area contributed by atoms with Gasteiger partial charge in [-0.05, 0) is 25.0 Å². The first kappa shape index (κ1) is 11.8. The summed E-state index contributed by atoms with van der Waals surface area (Å²) in [7, 11) is 0. The maximum Gasteiger partial charge on any atom is 0.103 e. The van der Waals surface area contributed by atoms with Gasteiger partial charge in [-0.15, -0.1) is 5.10 Å². The van der Waals surface area contributed by atoms with Crippen LogP contribution in [0, 0.1) is 0 Å². The summed E-state index contributed by atoms with van der Waals surface area (Å²) in [4.78, 5) is 0. The van der Waals surface area contributed by atoms with Crippen molar-refractivity contribution in [3.8, 4) is 5.69 Å². The Kier molecular flexibility index (Phi) is 3.54. The van der Waals surface area contributed by atoms with Crippen molar-refractivity contribution in [1.29, 1.82) is 0 Å². The van der Waals surface area contributed by atoms with E-state index in [1.807, 2.05) is 35.0 Å². The van der Waals surface area contributed by atoms with Crippen LogP contribution in [0.25, 0.3) is 5.69 Å². The first-order chi connectivity index (χ1) is 8.27. The number of rotatable bonds is 4. The summed E-state index contributed by atoms with van der Waals surface area (Å²) >= 11 is 0. The third kappa shape index (κ3) is 2.22. The Balaban J connectivity index is 2.46. The minimum Gasteiger partial charge on any atom is -0.323 e. The number of hydrogen-bond acceptors (Lipinski definition) is 3. The predicted molar refractivity (Wildman–Crippen MR) is 68.0 cm³/mol. The van der Waals surface area contributed by atoms with Crippen LogP contribution < -0.4 is 5.73 Å². The van der Waals surface area contributed by atoms with E-state index in [1.165, 1.54) is 0 Å². The minimum atomic E-state index is -0.0255. The molecule has 0 spiro atoms. The van der Waals surface area contributed by atoms with E-state index in [4.69, 9.17) is 5.73 Å². The molecule has 1 aromatic heterocycles. The lowest BCUT2D eigenvalue weighted by atomic mass is 10.1. The number of benzene rings is 1. The molecule has 0 bridgehead atoms. The SMILES string of the molecule is CCc1c(C(N)CC)nnn1-c1ccccc1. The molecule has 17 heavy (non-hydrogen) atoms. The van der Waals surface area contributed by atoms with Crippen LogP contribution in [0.15, 0.2) is 30.3 Å². The number of para-hydroxylation sites is 1. The van der Waals surface area contributed by atoms with E-state index in [2.05, 4.69) is 24.2 Å². The van der Waals surface area contributed by atoms with E-state index in [0.717, 1.165) is 29.9 Å². The molecule has 90 valence electrons. The van der Waals surface area contributed by atoms with Crippen LogP contribution in [0.2, 0.25) is 0 Å². The van der Waals surface area contributed by atoms with Gasteiger partial charge in [0.15, 0.2) is 0 Å². The molecule has 4 heteroatoms. The van der Waals surface area contributed by atoms with Gasteiger partial charge in [-0.25, -0.2) is 4.68 Å². The molecule has 0 aliphatic rings. The number of nitrogens with two attached hydrogens (primary N) is 1. The topological polar surface area (TPSA) is 56.7 Å². The highest BCUT2D eigenvalue weighted by molar-refractivity contribution is 5.33. The van der Waals surface area contributed by atoms with E-state index in [-0.39, 0.29) is 6.04 Å². The van der Waals surface area contributed by atoms with Gasteiger partial charge in [0, 0.05) is 0 Å². The van der Waals surface area contributed by atoms with Gasteiger partial charge in [0.1, 0.15) is 5.69 Å². The van der Waals surface area contributed by atoms with Crippen LogP contribution in [-0.4, -0.2) is 15.0 Å². The van der Waals surface area contributed by atoms with Gasteiger partial charge in [0.25, 0.3) is 0 Å². The van der Waals surface area contributed by atoms with Crippen molar-refractivity contribution in [3.05, 3.63) is 41.7 Å². The lowest BCUT2D eigenvalue weighted by Crippen LogP contribution is -2.12. The van der Waals surface area contributed by atoms with Crippen molar-refractivity contribution in [2.45, 2.75) is 32.7 Å². The maximum atomic E-state index is 6.05. The second-order valence-electron chi connectivity index (χ2n) is 4.04. The average molecular weight is 230 g/mol. The van der Waals surface area contributed by atoms with Gasteiger partial charge in [-0.1, -0.05) is 37.3 Å². The second kappa shape index (κ2) is 5.10. The fourth-order valence-electron chi connectivity index (χ4n) is 1.90. The minimum absolute atomic E-state index is 0.0255. The standard InChI is InChI=1S/C13H18N4/c1-3-11(14)13-12(4-2)17(16-15-13)10-8-6-5-7-9-10/h5-9,11H,3-4,14H2,1-2H3. The monoisotopic (exact) mass is 230 g/mol. The fourth-order valence-corrected chi connectivity index (χ4v) is 1.90. The zero-order chi connectivity index (χ0) is 12.3. The summed E-state index contributed by atoms with van der Waals surface area (Å²) in [5, 5.41) is 8.43. The highest BCUT2D eigenvalue weighted by atomic mass is 15.4. The lowest BCUT2D eigenvalue weighted by molar-refractivity contribution is 0.665. The zero-order valence-electron chi connectivity index (χ0n) is 10.3. The Hall–Kier alpha value is -1.68. The van der Waals surface area contributed by atoms with Crippen molar-refractivity contribution in [2.24, 2.45) is 5.73 Å². The van der Waals surface area contributed by atoms with Crippen LogP contribution >= 0.6 is 0 Å². The molecule has 2 rings (SSSR count). The summed E-state index contributed by atoms with van der Waals surface area (Å²) in [6, 6.07) is 10.0. The van der Waals surface area contributed by atoms with Crippen LogP contribution in [0.4, 0.5) is 0 Å². The summed E-state index contributed by atoms with van der Waals surface area (Å²) in [6.45, 7) is 4.16. The third-order valence-electron chi connectivity index (χ3n) is 2.92. The Labute approximate surface area is 101 Å². The molecular formula is C13H18N4. The molecule has 0 aliphatic heterocycles. The molecular weight excluding hydrogens is 212 g/mol. The highest BCUT2D eigenvalue weighted by Crippen LogP contribution is 2.19. The number of aromatic nitrogens is 3. The molecule has 2 N–H and O–H groups in total. The van der Waals surface area contributed by atoms with Crippen LogP contribution in [-0.2, 0) is 6.42 Å². The van der Waals surface area contributed by atoms with Crippen LogP contribution in [0.1, 0.15) is 37.7 Å². The highest BCUT2D eigenvalue weighted by Gasteiger charge is 2.16. The van der Waals surface area contributed by atoms with Gasteiger partial charge in [-0.2, -0.15) is 0 Å². The molecule has 0 aliphatic carbocycles. The van der Waals surface area contributed by atoms with Crippen LogP contribution in [0.5, 0.6) is 0 Å². The van der Waals surface area contributed by atoms with E-state index in [1.54, 1.807) is 0 Å². The molecule has 0 saturated heterocycles. The average Bonchev–Trinajstić information content (AvgIpc) is 2.82. The molecule has 0 radical (unpaired) electrons. The molecule has 1 atom stereocenters. The maximum absolute atomic E-state index is 6.05. The molecule has 1 aromatic carbocycles. The molecule has 0 amide bonds. The molecule has 1 heterocycles. The van der Waals surface area contributed by atoms with Gasteiger partial charge >= 0.3 is 0 Å². The normalized spacial score (nSPS) is 12.6. The Morgan fingerprint density at radius 3 is 2.53 bits per heavy atom. The van der Waals surface area contributed by atoms with Crippen molar-refractivity contribution >= 4 is 0 Å². The predicted octanol–water partition coefficient (Wildman–Crippen LogP) is 2.24. The van der Waals surface area contributed by atoms with Crippen molar-refractivity contribution in [1.82, 2.24) is 15.0 Å². The van der Waals surface area contributed by atoms with Gasteiger partial charge in [0.2, 0.25) is 0 Å². The summed E-state index contributed by atoms with van der Waals surface area (Å²) in [5.74, 6) is 0. The van der Waals surface area contributed by atoms with E-state index in [9.17, 15) is 0 Å². The molecule has 0 fully saturated rings. The zero-order valence-corrected chi connectivity index (χ0v) is 10.3. The Morgan fingerprint density at radius 1 is 1.24 bits per heavy atom. The number of nitrogens with zero attached hydrogens (tertiary/aromatic N) is 3. The Bertz CT molecular complexity index is 475. The first-order valence-corrected chi connectivity index (χ1v) is 6.03. The molecule has 4 nitrogen and oxygen atoms in total. The van der Waals surface area contributed by atoms with Crippen molar-refractivity contribution < 1.29 is 0 Å². The first-order valence-electron chi connectivity index (χ1n) is 6.03. The van der Waals surface area contributed by atoms with Gasteiger partial charge in [-0.3, -0.25) is 0 Å². The Morgan fingerprint density at radius 2 is 1.94 bits per heavy atom. The van der Waals surface area contributed by atoms with E-state index in [0.29, 0.717) is 0 Å².